The molecule has 0 aliphatic rings. The zero-order valence-electron chi connectivity index (χ0n) is 16.5. The highest BCUT2D eigenvalue weighted by molar-refractivity contribution is 5.88. The van der Waals surface area contributed by atoms with E-state index in [0.29, 0.717) is 11.8 Å². The van der Waals surface area contributed by atoms with Crippen molar-refractivity contribution >= 4 is 16.7 Å². The third-order valence-electron chi connectivity index (χ3n) is 5.06. The molecule has 3 rings (SSSR count). The van der Waals surface area contributed by atoms with E-state index in [-0.39, 0.29) is 0 Å². The first kappa shape index (κ1) is 18.2. The van der Waals surface area contributed by atoms with E-state index in [1.165, 1.54) is 11.3 Å². The summed E-state index contributed by atoms with van der Waals surface area (Å²) in [5.74, 6) is 1.78. The van der Waals surface area contributed by atoms with Crippen molar-refractivity contribution in [3.63, 3.8) is 0 Å². The van der Waals surface area contributed by atoms with E-state index >= 15 is 0 Å². The number of aromatic nitrogens is 2. The van der Waals surface area contributed by atoms with E-state index in [9.17, 15) is 0 Å². The second-order valence-corrected chi connectivity index (χ2v) is 7.49. The monoisotopic (exact) mass is 344 g/mol. The molecule has 0 bridgehead atoms. The maximum absolute atomic E-state index is 4.97. The summed E-state index contributed by atoms with van der Waals surface area (Å²) in [7, 11) is 0. The Kier molecular flexibility index (Phi) is 5.13. The second-order valence-electron chi connectivity index (χ2n) is 7.49. The van der Waals surface area contributed by atoms with E-state index < -0.39 is 0 Å². The predicted octanol–water partition coefficient (Wildman–Crippen LogP) is 6.80. The van der Waals surface area contributed by atoms with Gasteiger partial charge in [0.25, 0.3) is 0 Å². The fourth-order valence-corrected chi connectivity index (χ4v) is 3.15. The Labute approximate surface area is 156 Å². The smallest absolute Gasteiger partial charge is 0.145 e. The number of allylic oxidation sites excluding steroid dienone is 3. The van der Waals surface area contributed by atoms with Gasteiger partial charge in [-0.3, -0.25) is 4.57 Å². The summed E-state index contributed by atoms with van der Waals surface area (Å²) >= 11 is 0. The van der Waals surface area contributed by atoms with Gasteiger partial charge in [0.05, 0.1) is 11.0 Å². The number of para-hydroxylation sites is 2. The summed E-state index contributed by atoms with van der Waals surface area (Å²) in [6.45, 7) is 15.6. The molecular weight excluding hydrogens is 316 g/mol. The van der Waals surface area contributed by atoms with Crippen LogP contribution in [0.25, 0.3) is 28.1 Å². The number of fused-ring (bicyclic) bond motifs is 1. The minimum Gasteiger partial charge on any atom is -0.292 e. The highest BCUT2D eigenvalue weighted by atomic mass is 15.1. The van der Waals surface area contributed by atoms with Crippen LogP contribution in [0.4, 0.5) is 0 Å². The summed E-state index contributed by atoms with van der Waals surface area (Å²) in [6, 6.07) is 18.8. The predicted molar refractivity (Wildman–Crippen MR) is 113 cm³/mol. The van der Waals surface area contributed by atoms with Gasteiger partial charge in [0.2, 0.25) is 0 Å². The van der Waals surface area contributed by atoms with Crippen LogP contribution in [-0.4, -0.2) is 9.55 Å². The van der Waals surface area contributed by atoms with E-state index in [4.69, 9.17) is 4.98 Å². The van der Waals surface area contributed by atoms with Crippen molar-refractivity contribution in [2.24, 2.45) is 11.8 Å². The number of hydrogen-bond acceptors (Lipinski definition) is 1. The molecule has 0 saturated heterocycles. The summed E-state index contributed by atoms with van der Waals surface area (Å²) < 4.78 is 2.31. The number of imidazole rings is 1. The normalized spacial score (nSPS) is 12.7. The number of hydrogen-bond donors (Lipinski definition) is 0. The molecule has 0 atom stereocenters. The Morgan fingerprint density at radius 2 is 1.50 bits per heavy atom. The quantitative estimate of drug-likeness (QED) is 0.465. The van der Waals surface area contributed by atoms with Crippen LogP contribution in [0.3, 0.4) is 0 Å². The van der Waals surface area contributed by atoms with Crippen molar-refractivity contribution in [3.8, 4) is 11.4 Å². The molecule has 26 heavy (non-hydrogen) atoms. The summed E-state index contributed by atoms with van der Waals surface area (Å²) in [5.41, 5.74) is 6.94. The molecule has 0 radical (unpaired) electrons. The molecule has 2 aromatic carbocycles. The van der Waals surface area contributed by atoms with E-state index in [0.717, 1.165) is 28.0 Å². The molecule has 1 heterocycles. The standard InChI is InChI=1S/C24H28N2/c1-16(2)18(5)23(19(6)17(3)4)26-22-15-11-10-14-21(22)25-24(26)20-12-8-7-9-13-20/h7-17H,5H2,1-4,6H3/b23-19-. The number of nitrogens with zero attached hydrogens (tertiary/aromatic N) is 2. The Morgan fingerprint density at radius 1 is 0.885 bits per heavy atom. The SMILES string of the molecule is C=C(/C(=C(\C)C(C)C)n1c(-c2ccccc2)nc2ccccc21)C(C)C. The van der Waals surface area contributed by atoms with Crippen LogP contribution in [-0.2, 0) is 0 Å². The van der Waals surface area contributed by atoms with Crippen molar-refractivity contribution < 1.29 is 0 Å². The highest BCUT2D eigenvalue weighted by Crippen LogP contribution is 2.36. The topological polar surface area (TPSA) is 17.8 Å². The van der Waals surface area contributed by atoms with Gasteiger partial charge in [-0.05, 0) is 42.0 Å². The van der Waals surface area contributed by atoms with E-state index in [2.05, 4.69) is 88.2 Å². The maximum atomic E-state index is 4.97. The van der Waals surface area contributed by atoms with Crippen LogP contribution in [0.2, 0.25) is 0 Å². The van der Waals surface area contributed by atoms with Gasteiger partial charge in [-0.25, -0.2) is 4.98 Å². The van der Waals surface area contributed by atoms with Crippen LogP contribution >= 0.6 is 0 Å². The average molecular weight is 345 g/mol. The molecule has 134 valence electrons. The average Bonchev–Trinajstić information content (AvgIpc) is 3.02. The van der Waals surface area contributed by atoms with Crippen molar-refractivity contribution in [1.82, 2.24) is 9.55 Å². The Morgan fingerprint density at radius 3 is 2.12 bits per heavy atom. The molecular formula is C24H28N2. The van der Waals surface area contributed by atoms with Crippen LogP contribution < -0.4 is 0 Å². The van der Waals surface area contributed by atoms with Crippen molar-refractivity contribution in [3.05, 3.63) is 72.3 Å². The van der Waals surface area contributed by atoms with E-state index in [1.807, 2.05) is 12.1 Å². The number of rotatable bonds is 5. The van der Waals surface area contributed by atoms with E-state index in [1.54, 1.807) is 0 Å². The second kappa shape index (κ2) is 7.33. The summed E-state index contributed by atoms with van der Waals surface area (Å²) in [4.78, 5) is 4.97. The maximum Gasteiger partial charge on any atom is 0.145 e. The Balaban J connectivity index is 2.41. The van der Waals surface area contributed by atoms with Crippen LogP contribution in [0.1, 0.15) is 34.6 Å². The van der Waals surface area contributed by atoms with Crippen molar-refractivity contribution in [2.45, 2.75) is 34.6 Å². The lowest BCUT2D eigenvalue weighted by Crippen LogP contribution is -2.10. The fraction of sp³-hybridized carbons (Fsp3) is 0.292. The first-order chi connectivity index (χ1) is 12.4. The third kappa shape index (κ3) is 3.24. The minimum absolute atomic E-state index is 0.364. The molecule has 2 nitrogen and oxygen atoms in total. The highest BCUT2D eigenvalue weighted by Gasteiger charge is 2.21. The molecule has 0 aliphatic carbocycles. The van der Waals surface area contributed by atoms with Crippen molar-refractivity contribution in [1.29, 1.82) is 0 Å². The lowest BCUT2D eigenvalue weighted by Gasteiger charge is -2.23. The van der Waals surface area contributed by atoms with Gasteiger partial charge in [0.1, 0.15) is 5.82 Å². The summed E-state index contributed by atoms with van der Waals surface area (Å²) in [5, 5.41) is 0. The summed E-state index contributed by atoms with van der Waals surface area (Å²) in [6.07, 6.45) is 0. The van der Waals surface area contributed by atoms with Gasteiger partial charge >= 0.3 is 0 Å². The molecule has 0 spiro atoms. The van der Waals surface area contributed by atoms with Gasteiger partial charge in [0, 0.05) is 11.3 Å². The molecule has 1 aromatic heterocycles. The molecule has 0 N–H and O–H groups in total. The Hall–Kier alpha value is -2.61. The molecule has 0 amide bonds. The lowest BCUT2D eigenvalue weighted by molar-refractivity contribution is 0.744. The molecule has 2 heteroatoms. The lowest BCUT2D eigenvalue weighted by atomic mass is 9.93. The van der Waals surface area contributed by atoms with Gasteiger partial charge in [-0.15, -0.1) is 0 Å². The van der Waals surface area contributed by atoms with Crippen LogP contribution in [0, 0.1) is 11.8 Å². The first-order valence-electron chi connectivity index (χ1n) is 9.35. The molecule has 0 saturated carbocycles. The minimum atomic E-state index is 0.364. The third-order valence-corrected chi connectivity index (χ3v) is 5.06. The van der Waals surface area contributed by atoms with Crippen LogP contribution in [0.5, 0.6) is 0 Å². The molecule has 0 fully saturated rings. The number of benzene rings is 2. The Bertz CT molecular complexity index is 956. The zero-order valence-corrected chi connectivity index (χ0v) is 16.5. The van der Waals surface area contributed by atoms with Crippen LogP contribution in [0.15, 0.2) is 72.3 Å². The van der Waals surface area contributed by atoms with Gasteiger partial charge in [-0.2, -0.15) is 0 Å². The zero-order chi connectivity index (χ0) is 18.8. The van der Waals surface area contributed by atoms with Gasteiger partial charge < -0.3 is 0 Å². The van der Waals surface area contributed by atoms with Gasteiger partial charge in [-0.1, -0.05) is 76.7 Å². The van der Waals surface area contributed by atoms with Crippen molar-refractivity contribution in [2.75, 3.05) is 0 Å². The molecule has 0 unspecified atom stereocenters. The molecule has 0 aliphatic heterocycles. The van der Waals surface area contributed by atoms with Gasteiger partial charge in [0.15, 0.2) is 0 Å². The fourth-order valence-electron chi connectivity index (χ4n) is 3.15. The molecule has 3 aromatic rings. The largest absolute Gasteiger partial charge is 0.292 e. The first-order valence-corrected chi connectivity index (χ1v) is 9.35.